The molecule has 1 aromatic carbocycles. The highest BCUT2D eigenvalue weighted by Crippen LogP contribution is 2.29. The minimum Gasteiger partial charge on any atom is -0.325 e. The summed E-state index contributed by atoms with van der Waals surface area (Å²) in [5.74, 6) is 0.136. The molecule has 3 rings (SSSR count). The topological polar surface area (TPSA) is 52.7 Å². The van der Waals surface area contributed by atoms with E-state index in [-0.39, 0.29) is 11.9 Å². The van der Waals surface area contributed by atoms with Gasteiger partial charge in [-0.1, -0.05) is 25.0 Å². The minimum atomic E-state index is -0.0546. The molecule has 3 amide bonds. The van der Waals surface area contributed by atoms with Crippen molar-refractivity contribution >= 4 is 23.3 Å². The van der Waals surface area contributed by atoms with Gasteiger partial charge in [-0.15, -0.1) is 0 Å². The van der Waals surface area contributed by atoms with Gasteiger partial charge in [0.2, 0.25) is 5.91 Å². The standard InChI is InChI=1S/C17H23N3O2/c21-16-10-7-13-20(16)15-9-4-3-8-14(15)18-17(22)19-11-5-1-2-6-12-19/h3-4,8-9H,1-2,5-7,10-13H2,(H,18,22). The van der Waals surface area contributed by atoms with Gasteiger partial charge in [-0.05, 0) is 31.4 Å². The van der Waals surface area contributed by atoms with Crippen LogP contribution in [-0.4, -0.2) is 36.5 Å². The molecule has 0 spiro atoms. The van der Waals surface area contributed by atoms with Crippen LogP contribution in [0.5, 0.6) is 0 Å². The van der Waals surface area contributed by atoms with Crippen molar-refractivity contribution in [3.8, 4) is 0 Å². The molecule has 1 aromatic rings. The molecule has 0 aromatic heterocycles. The third-order valence-electron chi connectivity index (χ3n) is 4.40. The van der Waals surface area contributed by atoms with Gasteiger partial charge in [0.1, 0.15) is 0 Å². The number of nitrogens with one attached hydrogen (secondary N) is 1. The third kappa shape index (κ3) is 3.24. The first kappa shape index (κ1) is 14.9. The molecular weight excluding hydrogens is 278 g/mol. The predicted octanol–water partition coefficient (Wildman–Crippen LogP) is 3.22. The summed E-state index contributed by atoms with van der Waals surface area (Å²) in [6, 6.07) is 7.52. The van der Waals surface area contributed by atoms with Crippen LogP contribution in [0.4, 0.5) is 16.2 Å². The number of hydrogen-bond acceptors (Lipinski definition) is 2. The van der Waals surface area contributed by atoms with Gasteiger partial charge < -0.3 is 15.1 Å². The second kappa shape index (κ2) is 6.81. The van der Waals surface area contributed by atoms with E-state index in [9.17, 15) is 9.59 Å². The van der Waals surface area contributed by atoms with Crippen LogP contribution < -0.4 is 10.2 Å². The van der Waals surface area contributed by atoms with Crippen molar-refractivity contribution in [1.29, 1.82) is 0 Å². The molecule has 2 aliphatic heterocycles. The van der Waals surface area contributed by atoms with E-state index in [1.807, 2.05) is 29.2 Å². The Labute approximate surface area is 131 Å². The van der Waals surface area contributed by atoms with Crippen molar-refractivity contribution in [3.05, 3.63) is 24.3 Å². The van der Waals surface area contributed by atoms with Crippen molar-refractivity contribution in [2.45, 2.75) is 38.5 Å². The van der Waals surface area contributed by atoms with Crippen LogP contribution in [0.1, 0.15) is 38.5 Å². The summed E-state index contributed by atoms with van der Waals surface area (Å²) >= 11 is 0. The van der Waals surface area contributed by atoms with Gasteiger partial charge in [0.15, 0.2) is 0 Å². The van der Waals surface area contributed by atoms with Crippen LogP contribution in [0.15, 0.2) is 24.3 Å². The van der Waals surface area contributed by atoms with Crippen molar-refractivity contribution in [3.63, 3.8) is 0 Å². The summed E-state index contributed by atoms with van der Waals surface area (Å²) in [6.45, 7) is 2.36. The molecule has 5 nitrogen and oxygen atoms in total. The van der Waals surface area contributed by atoms with Gasteiger partial charge in [0.25, 0.3) is 0 Å². The van der Waals surface area contributed by atoms with Gasteiger partial charge in [-0.2, -0.15) is 0 Å². The van der Waals surface area contributed by atoms with Crippen LogP contribution in [0.3, 0.4) is 0 Å². The summed E-state index contributed by atoms with van der Waals surface area (Å²) < 4.78 is 0. The Balaban J connectivity index is 1.74. The molecule has 2 aliphatic rings. The Kier molecular flexibility index (Phi) is 4.61. The SMILES string of the molecule is O=C(Nc1ccccc1N1CCCC1=O)N1CCCCCC1. The minimum absolute atomic E-state index is 0.0546. The van der Waals surface area contributed by atoms with Crippen LogP contribution in [0.25, 0.3) is 0 Å². The molecule has 5 heteroatoms. The molecule has 1 N–H and O–H groups in total. The number of benzene rings is 1. The predicted molar refractivity (Wildman–Crippen MR) is 87.1 cm³/mol. The van der Waals surface area contributed by atoms with Gasteiger partial charge in [-0.25, -0.2) is 4.79 Å². The molecule has 22 heavy (non-hydrogen) atoms. The first-order valence-corrected chi connectivity index (χ1v) is 8.21. The molecule has 0 atom stereocenters. The van der Waals surface area contributed by atoms with E-state index in [0.29, 0.717) is 6.42 Å². The van der Waals surface area contributed by atoms with Crippen molar-refractivity contribution in [1.82, 2.24) is 4.90 Å². The maximum atomic E-state index is 12.5. The fourth-order valence-corrected chi connectivity index (χ4v) is 3.19. The summed E-state index contributed by atoms with van der Waals surface area (Å²) in [6.07, 6.45) is 6.01. The molecular formula is C17H23N3O2. The van der Waals surface area contributed by atoms with Crippen molar-refractivity contribution in [2.75, 3.05) is 29.9 Å². The molecule has 0 aliphatic carbocycles. The van der Waals surface area contributed by atoms with E-state index in [4.69, 9.17) is 0 Å². The highest BCUT2D eigenvalue weighted by molar-refractivity contribution is 6.01. The first-order valence-electron chi connectivity index (χ1n) is 8.21. The number of likely N-dealkylation sites (tertiary alicyclic amines) is 1. The number of anilines is 2. The van der Waals surface area contributed by atoms with Crippen molar-refractivity contribution < 1.29 is 9.59 Å². The molecule has 0 radical (unpaired) electrons. The van der Waals surface area contributed by atoms with Crippen LogP contribution in [-0.2, 0) is 4.79 Å². The van der Waals surface area contributed by atoms with Gasteiger partial charge >= 0.3 is 6.03 Å². The second-order valence-corrected chi connectivity index (χ2v) is 6.00. The highest BCUT2D eigenvalue weighted by atomic mass is 16.2. The molecule has 0 saturated carbocycles. The third-order valence-corrected chi connectivity index (χ3v) is 4.40. The molecule has 2 heterocycles. The lowest BCUT2D eigenvalue weighted by Crippen LogP contribution is -2.36. The number of rotatable bonds is 2. The van der Waals surface area contributed by atoms with Crippen LogP contribution in [0, 0.1) is 0 Å². The van der Waals surface area contributed by atoms with Crippen LogP contribution >= 0.6 is 0 Å². The Hall–Kier alpha value is -2.04. The molecule has 2 fully saturated rings. The van der Waals surface area contributed by atoms with E-state index in [0.717, 1.165) is 50.3 Å². The van der Waals surface area contributed by atoms with E-state index < -0.39 is 0 Å². The molecule has 0 unspecified atom stereocenters. The zero-order chi connectivity index (χ0) is 15.4. The number of nitrogens with zero attached hydrogens (tertiary/aromatic N) is 2. The quantitative estimate of drug-likeness (QED) is 0.912. The zero-order valence-electron chi connectivity index (χ0n) is 12.9. The van der Waals surface area contributed by atoms with E-state index >= 15 is 0 Å². The Morgan fingerprint density at radius 1 is 0.955 bits per heavy atom. The second-order valence-electron chi connectivity index (χ2n) is 6.00. The Morgan fingerprint density at radius 3 is 2.36 bits per heavy atom. The molecule has 0 bridgehead atoms. The molecule has 2 saturated heterocycles. The number of hydrogen-bond donors (Lipinski definition) is 1. The normalized spacial score (nSPS) is 19.2. The summed E-state index contributed by atoms with van der Waals surface area (Å²) in [5, 5.41) is 3.00. The van der Waals surface area contributed by atoms with E-state index in [2.05, 4.69) is 5.32 Å². The van der Waals surface area contributed by atoms with Crippen LogP contribution in [0.2, 0.25) is 0 Å². The lowest BCUT2D eigenvalue weighted by atomic mass is 10.2. The lowest BCUT2D eigenvalue weighted by molar-refractivity contribution is -0.117. The van der Waals surface area contributed by atoms with Gasteiger partial charge in [0, 0.05) is 26.1 Å². The van der Waals surface area contributed by atoms with E-state index in [1.54, 1.807) is 4.90 Å². The van der Waals surface area contributed by atoms with Gasteiger partial charge in [-0.3, -0.25) is 4.79 Å². The summed E-state index contributed by atoms with van der Waals surface area (Å²) in [4.78, 5) is 28.1. The summed E-state index contributed by atoms with van der Waals surface area (Å²) in [5.41, 5.74) is 1.54. The number of amides is 3. The lowest BCUT2D eigenvalue weighted by Gasteiger charge is -2.24. The highest BCUT2D eigenvalue weighted by Gasteiger charge is 2.25. The van der Waals surface area contributed by atoms with Crippen molar-refractivity contribution in [2.24, 2.45) is 0 Å². The maximum absolute atomic E-state index is 12.5. The number of para-hydroxylation sites is 2. The maximum Gasteiger partial charge on any atom is 0.321 e. The average Bonchev–Trinajstić information content (AvgIpc) is 2.78. The molecule has 118 valence electrons. The Morgan fingerprint density at radius 2 is 1.68 bits per heavy atom. The largest absolute Gasteiger partial charge is 0.325 e. The van der Waals surface area contributed by atoms with Gasteiger partial charge in [0.05, 0.1) is 11.4 Å². The average molecular weight is 301 g/mol. The first-order chi connectivity index (χ1) is 10.8. The number of carbonyl (C=O) groups excluding carboxylic acids is 2. The fourth-order valence-electron chi connectivity index (χ4n) is 3.19. The Bertz CT molecular complexity index is 551. The fraction of sp³-hybridized carbons (Fsp3) is 0.529. The van der Waals surface area contributed by atoms with E-state index in [1.165, 1.54) is 12.8 Å². The summed E-state index contributed by atoms with van der Waals surface area (Å²) in [7, 11) is 0. The zero-order valence-corrected chi connectivity index (χ0v) is 12.9. The number of urea groups is 1. The smallest absolute Gasteiger partial charge is 0.321 e. The number of carbonyl (C=O) groups is 2. The monoisotopic (exact) mass is 301 g/mol.